The van der Waals surface area contributed by atoms with Gasteiger partial charge in [0.25, 0.3) is 0 Å². The van der Waals surface area contributed by atoms with Crippen molar-refractivity contribution in [2.24, 2.45) is 0 Å². The third-order valence-corrected chi connectivity index (χ3v) is 3.03. The SMILES string of the molecule is COc1ccc(OC(C)C(=O)Oc2cc(F)ccc2[N+](=O)[O-])cc1. The molecule has 0 amide bonds. The van der Waals surface area contributed by atoms with Crippen molar-refractivity contribution in [3.05, 3.63) is 58.4 Å². The molecule has 1 unspecified atom stereocenters. The van der Waals surface area contributed by atoms with Gasteiger partial charge in [0.2, 0.25) is 5.75 Å². The van der Waals surface area contributed by atoms with Crippen molar-refractivity contribution < 1.29 is 28.3 Å². The van der Waals surface area contributed by atoms with E-state index in [0.29, 0.717) is 11.5 Å². The first-order chi connectivity index (χ1) is 11.4. The van der Waals surface area contributed by atoms with Gasteiger partial charge in [-0.15, -0.1) is 0 Å². The number of nitro benzene ring substituents is 1. The molecule has 0 bridgehead atoms. The van der Waals surface area contributed by atoms with Crippen molar-refractivity contribution in [3.8, 4) is 17.2 Å². The number of esters is 1. The maximum Gasteiger partial charge on any atom is 0.352 e. The van der Waals surface area contributed by atoms with Gasteiger partial charge in [-0.2, -0.15) is 0 Å². The van der Waals surface area contributed by atoms with E-state index in [1.165, 1.54) is 14.0 Å². The quantitative estimate of drug-likeness (QED) is 0.349. The fourth-order valence-electron chi connectivity index (χ4n) is 1.82. The van der Waals surface area contributed by atoms with Crippen LogP contribution < -0.4 is 14.2 Å². The average Bonchev–Trinajstić information content (AvgIpc) is 2.55. The molecule has 0 aliphatic heterocycles. The van der Waals surface area contributed by atoms with Crippen molar-refractivity contribution in [1.82, 2.24) is 0 Å². The summed E-state index contributed by atoms with van der Waals surface area (Å²) < 4.78 is 28.5. The molecule has 0 radical (unpaired) electrons. The molecular weight excluding hydrogens is 321 g/mol. The lowest BCUT2D eigenvalue weighted by molar-refractivity contribution is -0.385. The van der Waals surface area contributed by atoms with Crippen LogP contribution in [0.4, 0.5) is 10.1 Å². The fourth-order valence-corrected chi connectivity index (χ4v) is 1.82. The lowest BCUT2D eigenvalue weighted by Crippen LogP contribution is -2.28. The number of hydrogen-bond acceptors (Lipinski definition) is 6. The number of hydrogen-bond donors (Lipinski definition) is 0. The lowest BCUT2D eigenvalue weighted by Gasteiger charge is -2.14. The summed E-state index contributed by atoms with van der Waals surface area (Å²) in [4.78, 5) is 22.1. The van der Waals surface area contributed by atoms with Crippen LogP contribution in [0.15, 0.2) is 42.5 Å². The second-order valence-corrected chi connectivity index (χ2v) is 4.73. The molecule has 126 valence electrons. The van der Waals surface area contributed by atoms with Crippen LogP contribution in [0.25, 0.3) is 0 Å². The Hall–Kier alpha value is -3.16. The molecule has 0 N–H and O–H groups in total. The van der Waals surface area contributed by atoms with E-state index in [2.05, 4.69) is 0 Å². The van der Waals surface area contributed by atoms with Crippen LogP contribution in [0.5, 0.6) is 17.2 Å². The van der Waals surface area contributed by atoms with Crippen molar-refractivity contribution in [3.63, 3.8) is 0 Å². The van der Waals surface area contributed by atoms with Crippen LogP contribution in [-0.2, 0) is 4.79 Å². The highest BCUT2D eigenvalue weighted by molar-refractivity contribution is 5.78. The molecule has 7 nitrogen and oxygen atoms in total. The molecule has 0 fully saturated rings. The number of nitrogens with zero attached hydrogens (tertiary/aromatic N) is 1. The van der Waals surface area contributed by atoms with Crippen molar-refractivity contribution >= 4 is 11.7 Å². The molecule has 0 aliphatic carbocycles. The number of carbonyl (C=O) groups excluding carboxylic acids is 1. The highest BCUT2D eigenvalue weighted by atomic mass is 19.1. The van der Waals surface area contributed by atoms with Gasteiger partial charge in [0.05, 0.1) is 12.0 Å². The Kier molecular flexibility index (Phi) is 5.31. The Morgan fingerprint density at radius 3 is 2.38 bits per heavy atom. The van der Waals surface area contributed by atoms with Crippen LogP contribution in [-0.4, -0.2) is 24.1 Å². The lowest BCUT2D eigenvalue weighted by atomic mass is 10.3. The highest BCUT2D eigenvalue weighted by Gasteiger charge is 2.23. The van der Waals surface area contributed by atoms with Crippen LogP contribution in [0.2, 0.25) is 0 Å². The van der Waals surface area contributed by atoms with Crippen molar-refractivity contribution in [1.29, 1.82) is 0 Å². The Morgan fingerprint density at radius 2 is 1.79 bits per heavy atom. The highest BCUT2D eigenvalue weighted by Crippen LogP contribution is 2.28. The average molecular weight is 335 g/mol. The van der Waals surface area contributed by atoms with Crippen LogP contribution in [0.3, 0.4) is 0 Å². The van der Waals surface area contributed by atoms with Crippen LogP contribution >= 0.6 is 0 Å². The van der Waals surface area contributed by atoms with Gasteiger partial charge in [-0.3, -0.25) is 10.1 Å². The maximum atomic E-state index is 13.2. The van der Waals surface area contributed by atoms with Gasteiger partial charge < -0.3 is 14.2 Å². The third-order valence-electron chi connectivity index (χ3n) is 3.03. The van der Waals surface area contributed by atoms with Gasteiger partial charge in [0.1, 0.15) is 17.3 Å². The van der Waals surface area contributed by atoms with Gasteiger partial charge >= 0.3 is 11.7 Å². The van der Waals surface area contributed by atoms with Gasteiger partial charge in [0, 0.05) is 12.1 Å². The minimum Gasteiger partial charge on any atom is -0.497 e. The summed E-state index contributed by atoms with van der Waals surface area (Å²) in [6.07, 6.45) is -1.05. The van der Waals surface area contributed by atoms with E-state index in [0.717, 1.165) is 18.2 Å². The molecule has 8 heteroatoms. The number of ether oxygens (including phenoxy) is 3. The number of nitro groups is 1. The summed E-state index contributed by atoms with van der Waals surface area (Å²) in [7, 11) is 1.52. The topological polar surface area (TPSA) is 87.9 Å². The number of benzene rings is 2. The zero-order valence-corrected chi connectivity index (χ0v) is 12.9. The molecule has 2 rings (SSSR count). The van der Waals surface area contributed by atoms with Crippen LogP contribution in [0.1, 0.15) is 6.92 Å². The zero-order chi connectivity index (χ0) is 17.7. The first-order valence-electron chi connectivity index (χ1n) is 6.87. The monoisotopic (exact) mass is 335 g/mol. The van der Waals surface area contributed by atoms with Gasteiger partial charge in [0.15, 0.2) is 6.10 Å². The van der Waals surface area contributed by atoms with E-state index in [-0.39, 0.29) is 0 Å². The Labute approximate surface area is 136 Å². The van der Waals surface area contributed by atoms with Crippen molar-refractivity contribution in [2.75, 3.05) is 7.11 Å². The summed E-state index contributed by atoms with van der Waals surface area (Å²) in [6.45, 7) is 1.41. The van der Waals surface area contributed by atoms with Gasteiger partial charge in [-0.1, -0.05) is 0 Å². The van der Waals surface area contributed by atoms with E-state index in [1.54, 1.807) is 24.3 Å². The van der Waals surface area contributed by atoms with Gasteiger partial charge in [-0.25, -0.2) is 9.18 Å². The summed E-state index contributed by atoms with van der Waals surface area (Å²) >= 11 is 0. The molecule has 0 spiro atoms. The molecule has 1 atom stereocenters. The number of methoxy groups -OCH3 is 1. The molecule has 0 saturated heterocycles. The zero-order valence-electron chi connectivity index (χ0n) is 12.9. The molecule has 0 heterocycles. The van der Waals surface area contributed by atoms with Crippen LogP contribution in [0, 0.1) is 15.9 Å². The Bertz CT molecular complexity index is 747. The normalized spacial score (nSPS) is 11.5. The largest absolute Gasteiger partial charge is 0.497 e. The summed E-state index contributed by atoms with van der Waals surface area (Å²) in [5.74, 6) is -1.12. The predicted molar refractivity (Wildman–Crippen MR) is 81.8 cm³/mol. The van der Waals surface area contributed by atoms with Gasteiger partial charge in [-0.05, 0) is 37.3 Å². The molecule has 2 aromatic carbocycles. The predicted octanol–water partition coefficient (Wildman–Crippen LogP) is 3.12. The molecule has 0 aromatic heterocycles. The second kappa shape index (κ2) is 7.40. The standard InChI is InChI=1S/C16H14FNO6/c1-10(23-13-6-4-12(22-2)5-7-13)16(19)24-15-9-11(17)3-8-14(15)18(20)21/h3-10H,1-2H3. The van der Waals surface area contributed by atoms with E-state index < -0.39 is 34.3 Å². The smallest absolute Gasteiger partial charge is 0.352 e. The van der Waals surface area contributed by atoms with E-state index in [1.807, 2.05) is 0 Å². The molecule has 2 aromatic rings. The molecule has 0 saturated carbocycles. The maximum absolute atomic E-state index is 13.2. The summed E-state index contributed by atoms with van der Waals surface area (Å²) in [5.41, 5.74) is -0.513. The molecule has 24 heavy (non-hydrogen) atoms. The molecule has 0 aliphatic rings. The molecular formula is C16H14FNO6. The Balaban J connectivity index is 2.08. The first kappa shape index (κ1) is 17.2. The fraction of sp³-hybridized carbons (Fsp3) is 0.188. The summed E-state index contributed by atoms with van der Waals surface area (Å²) in [5, 5.41) is 10.9. The van der Waals surface area contributed by atoms with E-state index in [9.17, 15) is 19.3 Å². The number of carbonyl (C=O) groups is 1. The number of halogens is 1. The third kappa shape index (κ3) is 4.19. The second-order valence-electron chi connectivity index (χ2n) is 4.73. The van der Waals surface area contributed by atoms with Crippen molar-refractivity contribution in [2.45, 2.75) is 13.0 Å². The number of rotatable bonds is 6. The van der Waals surface area contributed by atoms with E-state index >= 15 is 0 Å². The minimum atomic E-state index is -1.05. The first-order valence-corrected chi connectivity index (χ1v) is 6.87. The van der Waals surface area contributed by atoms with E-state index in [4.69, 9.17) is 14.2 Å². The Morgan fingerprint density at radius 1 is 1.17 bits per heavy atom. The summed E-state index contributed by atoms with van der Waals surface area (Å²) in [6, 6.07) is 9.08. The minimum absolute atomic E-state index is 0.383.